The van der Waals surface area contributed by atoms with Crippen molar-refractivity contribution >= 4 is 29.7 Å². The number of hydrazine groups is 1. The number of carbonyl (C=O) groups excluding carboxylic acids is 2. The first-order valence-corrected chi connectivity index (χ1v) is 5.66. The number of para-hydroxylation sites is 1. The number of benzene rings is 1. The lowest BCUT2D eigenvalue weighted by atomic mass is 10.1. The molecule has 7 heteroatoms. The van der Waals surface area contributed by atoms with E-state index in [1.54, 1.807) is 0 Å². The highest BCUT2D eigenvalue weighted by atomic mass is 16.4. The van der Waals surface area contributed by atoms with Gasteiger partial charge in [-0.15, -0.1) is 0 Å². The maximum atomic E-state index is 11.7. The fourth-order valence-electron chi connectivity index (χ4n) is 1.99. The first kappa shape index (κ1) is 11.4. The van der Waals surface area contributed by atoms with Crippen molar-refractivity contribution < 1.29 is 14.7 Å². The van der Waals surface area contributed by atoms with Crippen LogP contribution in [-0.4, -0.2) is 35.1 Å². The molecular weight excluding hydrogens is 248 g/mol. The lowest BCUT2D eigenvalue weighted by molar-refractivity contribution is -0.306. The molecule has 0 saturated heterocycles. The summed E-state index contributed by atoms with van der Waals surface area (Å²) in [5, 5.41) is 12.0. The average Bonchev–Trinajstić information content (AvgIpc) is 2.39. The Balaban J connectivity index is 2.04. The molecule has 0 saturated carbocycles. The second kappa shape index (κ2) is 4.20. The predicted octanol–water partition coefficient (Wildman–Crippen LogP) is -1.04. The Morgan fingerprint density at radius 1 is 1.42 bits per heavy atom. The van der Waals surface area contributed by atoms with Crippen LogP contribution in [0, 0.1) is 0 Å². The topological polar surface area (TPSA) is 97.2 Å². The van der Waals surface area contributed by atoms with E-state index in [2.05, 4.69) is 15.4 Å². The minimum atomic E-state index is -1.31. The number of fused-ring (bicyclic) bond motifs is 3. The van der Waals surface area contributed by atoms with Crippen LogP contribution in [-0.2, 0) is 9.59 Å². The number of hydrogen-bond donors (Lipinski definition) is 1. The normalized spacial score (nSPS) is 20.2. The Kier molecular flexibility index (Phi) is 2.52. The molecule has 0 aliphatic carbocycles. The third-order valence-corrected chi connectivity index (χ3v) is 2.86. The number of aliphatic carboxylic acids is 1. The van der Waals surface area contributed by atoms with E-state index in [1.807, 2.05) is 24.3 Å². The van der Waals surface area contributed by atoms with Crippen LogP contribution in [0.5, 0.6) is 0 Å². The van der Waals surface area contributed by atoms with E-state index in [0.29, 0.717) is 5.84 Å². The number of rotatable bonds is 2. The number of nitrogens with one attached hydrogen (secondary N) is 1. The number of hydrogen-bond acceptors (Lipinski definition) is 6. The minimum Gasteiger partial charge on any atom is -0.550 e. The highest BCUT2D eigenvalue weighted by molar-refractivity contribution is 6.13. The zero-order chi connectivity index (χ0) is 13.4. The van der Waals surface area contributed by atoms with Gasteiger partial charge in [0.2, 0.25) is 0 Å². The molecule has 0 spiro atoms. The lowest BCUT2D eigenvalue weighted by Gasteiger charge is -2.32. The molecule has 0 aromatic heterocycles. The van der Waals surface area contributed by atoms with E-state index in [0.717, 1.165) is 11.3 Å². The zero-order valence-electron chi connectivity index (χ0n) is 9.74. The van der Waals surface area contributed by atoms with E-state index in [1.165, 1.54) is 11.3 Å². The second-order valence-electron chi connectivity index (χ2n) is 4.15. The summed E-state index contributed by atoms with van der Waals surface area (Å²) in [5.74, 6) is -1.31. The summed E-state index contributed by atoms with van der Waals surface area (Å²) in [7, 11) is 0. The van der Waals surface area contributed by atoms with E-state index in [4.69, 9.17) is 0 Å². The Morgan fingerprint density at radius 3 is 3.00 bits per heavy atom. The van der Waals surface area contributed by atoms with Gasteiger partial charge in [0.15, 0.2) is 5.84 Å². The van der Waals surface area contributed by atoms with Crippen LogP contribution in [0.2, 0.25) is 0 Å². The molecular formula is C12H9N4O3-. The molecule has 2 aliphatic heterocycles. The van der Waals surface area contributed by atoms with Crippen molar-refractivity contribution in [1.29, 1.82) is 0 Å². The van der Waals surface area contributed by atoms with Crippen LogP contribution in [0.15, 0.2) is 34.3 Å². The molecule has 2 aliphatic rings. The zero-order valence-corrected chi connectivity index (χ0v) is 9.74. The van der Waals surface area contributed by atoms with Crippen LogP contribution in [0.4, 0.5) is 5.69 Å². The molecule has 0 bridgehead atoms. The van der Waals surface area contributed by atoms with Gasteiger partial charge in [0, 0.05) is 18.0 Å². The smallest absolute Gasteiger partial charge is 0.264 e. The molecule has 19 heavy (non-hydrogen) atoms. The Hall–Kier alpha value is -2.70. The summed E-state index contributed by atoms with van der Waals surface area (Å²) < 4.78 is 0. The largest absolute Gasteiger partial charge is 0.550 e. The standard InChI is InChI=1S/C12H10N4O3/c17-10(18)5-9-12(19)15-16-6-13-8-4-2-1-3-7(8)11(16)14-9/h1-4,6,9H,5H2,(H,15,19)(H,17,18)/p-1/t9-/m1/s1. The van der Waals surface area contributed by atoms with Crippen LogP contribution in [0.3, 0.4) is 0 Å². The average molecular weight is 257 g/mol. The van der Waals surface area contributed by atoms with Crippen molar-refractivity contribution in [2.75, 3.05) is 0 Å². The molecule has 0 radical (unpaired) electrons. The van der Waals surface area contributed by atoms with Crippen molar-refractivity contribution in [3.63, 3.8) is 0 Å². The van der Waals surface area contributed by atoms with Crippen LogP contribution in [0.1, 0.15) is 12.0 Å². The highest BCUT2D eigenvalue weighted by Crippen LogP contribution is 2.25. The Bertz CT molecular complexity index is 623. The van der Waals surface area contributed by atoms with Crippen molar-refractivity contribution in [2.45, 2.75) is 12.5 Å². The summed E-state index contributed by atoms with van der Waals surface area (Å²) in [4.78, 5) is 30.7. The monoisotopic (exact) mass is 257 g/mol. The van der Waals surface area contributed by atoms with Crippen LogP contribution >= 0.6 is 0 Å². The minimum absolute atomic E-state index is 0.442. The van der Waals surface area contributed by atoms with Gasteiger partial charge in [-0.2, -0.15) is 0 Å². The van der Waals surface area contributed by atoms with E-state index >= 15 is 0 Å². The summed E-state index contributed by atoms with van der Waals surface area (Å²) >= 11 is 0. The molecule has 1 N–H and O–H groups in total. The Labute approximate surface area is 108 Å². The van der Waals surface area contributed by atoms with Gasteiger partial charge in [-0.3, -0.25) is 15.2 Å². The van der Waals surface area contributed by atoms with Crippen molar-refractivity contribution in [1.82, 2.24) is 10.4 Å². The van der Waals surface area contributed by atoms with E-state index < -0.39 is 24.3 Å². The summed E-state index contributed by atoms with van der Waals surface area (Å²) in [5.41, 5.74) is 4.00. The highest BCUT2D eigenvalue weighted by Gasteiger charge is 2.31. The van der Waals surface area contributed by atoms with Gasteiger partial charge in [0.25, 0.3) is 5.91 Å². The SMILES string of the molecule is O=C([O-])C[C@H]1N=C2c3ccccc3N=CN2NC1=O. The number of nitrogens with zero attached hydrogens (tertiary/aromatic N) is 3. The lowest BCUT2D eigenvalue weighted by Crippen LogP contribution is -2.55. The molecule has 7 nitrogen and oxygen atoms in total. The van der Waals surface area contributed by atoms with Gasteiger partial charge < -0.3 is 9.90 Å². The number of carboxylic acid groups (broad SMARTS) is 1. The molecule has 0 fully saturated rings. The van der Waals surface area contributed by atoms with Gasteiger partial charge in [0.05, 0.1) is 5.69 Å². The maximum Gasteiger partial charge on any atom is 0.264 e. The summed E-state index contributed by atoms with van der Waals surface area (Å²) in [6, 6.07) is 6.31. The van der Waals surface area contributed by atoms with Gasteiger partial charge >= 0.3 is 0 Å². The fourth-order valence-corrected chi connectivity index (χ4v) is 1.99. The van der Waals surface area contributed by atoms with Crippen molar-refractivity contribution in [3.05, 3.63) is 29.8 Å². The second-order valence-corrected chi connectivity index (χ2v) is 4.15. The predicted molar refractivity (Wildman–Crippen MR) is 64.5 cm³/mol. The molecule has 2 heterocycles. The number of amides is 1. The van der Waals surface area contributed by atoms with E-state index in [-0.39, 0.29) is 0 Å². The van der Waals surface area contributed by atoms with Gasteiger partial charge in [-0.25, -0.2) is 10.0 Å². The summed E-state index contributed by atoms with van der Waals surface area (Å²) in [6.07, 6.45) is 0.997. The van der Waals surface area contributed by atoms with E-state index in [9.17, 15) is 14.7 Å². The van der Waals surface area contributed by atoms with Crippen LogP contribution in [0.25, 0.3) is 0 Å². The van der Waals surface area contributed by atoms with Crippen molar-refractivity contribution in [3.8, 4) is 0 Å². The van der Waals surface area contributed by atoms with Gasteiger partial charge in [-0.1, -0.05) is 12.1 Å². The molecule has 1 aromatic rings. The number of carboxylic acids is 1. The van der Waals surface area contributed by atoms with Gasteiger partial charge in [0.1, 0.15) is 12.4 Å². The molecule has 1 atom stereocenters. The third-order valence-electron chi connectivity index (χ3n) is 2.86. The number of carbonyl (C=O) groups is 2. The fraction of sp³-hybridized carbons (Fsp3) is 0.167. The van der Waals surface area contributed by atoms with Crippen molar-refractivity contribution in [2.24, 2.45) is 9.98 Å². The van der Waals surface area contributed by atoms with Gasteiger partial charge in [-0.05, 0) is 12.1 Å². The molecule has 96 valence electrons. The third kappa shape index (κ3) is 1.95. The Morgan fingerprint density at radius 2 is 2.21 bits per heavy atom. The first-order valence-electron chi connectivity index (χ1n) is 5.66. The molecule has 3 rings (SSSR count). The van der Waals surface area contributed by atoms with Crippen LogP contribution < -0.4 is 10.5 Å². The maximum absolute atomic E-state index is 11.7. The molecule has 1 aromatic carbocycles. The molecule has 1 amide bonds. The summed E-state index contributed by atoms with van der Waals surface area (Å²) in [6.45, 7) is 0. The number of amidine groups is 1. The first-order chi connectivity index (χ1) is 9.15. The molecule has 0 unspecified atom stereocenters. The quantitative estimate of drug-likeness (QED) is 0.732. The number of aliphatic imine (C=N–C) groups is 2.